The van der Waals surface area contributed by atoms with E-state index in [0.29, 0.717) is 5.69 Å². The number of aryl methyl sites for hydroxylation is 2. The zero-order valence-corrected chi connectivity index (χ0v) is 12.1. The van der Waals surface area contributed by atoms with E-state index < -0.39 is 0 Å². The third kappa shape index (κ3) is 2.52. The Bertz CT molecular complexity index is 818. The number of aromatic amines is 1. The van der Waals surface area contributed by atoms with Crippen molar-refractivity contribution < 1.29 is 5.11 Å². The predicted octanol–water partition coefficient (Wildman–Crippen LogP) is 5.16. The lowest BCUT2D eigenvalue weighted by molar-refractivity contribution is 0.459. The van der Waals surface area contributed by atoms with E-state index in [9.17, 15) is 5.11 Å². The van der Waals surface area contributed by atoms with Crippen LogP contribution >= 0.6 is 0 Å². The third-order valence-electron chi connectivity index (χ3n) is 3.52. The Morgan fingerprint density at radius 2 is 1.90 bits per heavy atom. The molecule has 0 fully saturated rings. The van der Waals surface area contributed by atoms with E-state index in [-0.39, 0.29) is 5.88 Å². The molecule has 3 rings (SSSR count). The van der Waals surface area contributed by atoms with Crippen LogP contribution in [0.2, 0.25) is 0 Å². The Morgan fingerprint density at radius 1 is 1.10 bits per heavy atom. The van der Waals surface area contributed by atoms with Crippen molar-refractivity contribution in [1.29, 1.82) is 0 Å². The van der Waals surface area contributed by atoms with Crippen molar-refractivity contribution in [3.63, 3.8) is 0 Å². The standard InChI is InChI=1S/C17H17N3O/c1-3-12-7-5-9-14-15(12)18-17(21)16(14)20-19-13-8-4-6-11(2)10-13/h4-10,18,21H,3H2,1-2H3. The minimum atomic E-state index is 0.0577. The van der Waals surface area contributed by atoms with E-state index in [2.05, 4.69) is 22.1 Å². The van der Waals surface area contributed by atoms with Gasteiger partial charge in [-0.05, 0) is 36.6 Å². The van der Waals surface area contributed by atoms with Crippen molar-refractivity contribution in [2.45, 2.75) is 20.3 Å². The zero-order chi connectivity index (χ0) is 14.8. The molecule has 0 unspecified atom stereocenters. The average molecular weight is 279 g/mol. The summed E-state index contributed by atoms with van der Waals surface area (Å²) >= 11 is 0. The summed E-state index contributed by atoms with van der Waals surface area (Å²) in [6.07, 6.45) is 0.895. The van der Waals surface area contributed by atoms with Gasteiger partial charge in [0.15, 0.2) is 5.69 Å². The normalized spacial score (nSPS) is 11.5. The summed E-state index contributed by atoms with van der Waals surface area (Å²) in [5.41, 5.74) is 4.47. The number of aromatic hydroxyl groups is 1. The number of azo groups is 1. The molecular weight excluding hydrogens is 262 g/mol. The van der Waals surface area contributed by atoms with Gasteiger partial charge in [-0.15, -0.1) is 5.11 Å². The smallest absolute Gasteiger partial charge is 0.218 e. The Labute approximate surface area is 123 Å². The quantitative estimate of drug-likeness (QED) is 0.639. The highest BCUT2D eigenvalue weighted by Crippen LogP contribution is 2.37. The number of nitrogens with zero attached hydrogens (tertiary/aromatic N) is 2. The number of nitrogens with one attached hydrogen (secondary N) is 1. The topological polar surface area (TPSA) is 60.7 Å². The highest BCUT2D eigenvalue weighted by atomic mass is 16.3. The third-order valence-corrected chi connectivity index (χ3v) is 3.52. The SMILES string of the molecule is CCc1cccc2c(N=Nc3cccc(C)c3)c(O)[nH]c12. The second-order valence-electron chi connectivity index (χ2n) is 5.05. The summed E-state index contributed by atoms with van der Waals surface area (Å²) in [5, 5.41) is 19.4. The molecule has 0 spiro atoms. The van der Waals surface area contributed by atoms with Crippen LogP contribution in [-0.2, 0) is 6.42 Å². The van der Waals surface area contributed by atoms with Gasteiger partial charge in [-0.2, -0.15) is 5.11 Å². The second-order valence-corrected chi connectivity index (χ2v) is 5.05. The maximum Gasteiger partial charge on any atom is 0.218 e. The molecular formula is C17H17N3O. The zero-order valence-electron chi connectivity index (χ0n) is 12.1. The Hall–Kier alpha value is -2.62. The van der Waals surface area contributed by atoms with E-state index >= 15 is 0 Å². The van der Waals surface area contributed by atoms with Gasteiger partial charge in [0.25, 0.3) is 0 Å². The van der Waals surface area contributed by atoms with Gasteiger partial charge in [-0.25, -0.2) is 0 Å². The summed E-state index contributed by atoms with van der Waals surface area (Å²) < 4.78 is 0. The number of fused-ring (bicyclic) bond motifs is 1. The molecule has 0 bridgehead atoms. The van der Waals surface area contributed by atoms with Crippen LogP contribution < -0.4 is 0 Å². The Kier molecular flexibility index (Phi) is 3.44. The first kappa shape index (κ1) is 13.4. The molecule has 106 valence electrons. The number of hydrogen-bond acceptors (Lipinski definition) is 3. The van der Waals surface area contributed by atoms with Gasteiger partial charge in [0.05, 0.1) is 11.2 Å². The summed E-state index contributed by atoms with van der Waals surface area (Å²) in [5.74, 6) is 0.0577. The van der Waals surface area contributed by atoms with Crippen LogP contribution in [0.25, 0.3) is 10.9 Å². The molecule has 3 aromatic rings. The fraction of sp³-hybridized carbons (Fsp3) is 0.176. The van der Waals surface area contributed by atoms with E-state index in [1.165, 1.54) is 0 Å². The molecule has 21 heavy (non-hydrogen) atoms. The van der Waals surface area contributed by atoms with E-state index in [1.54, 1.807) is 0 Å². The molecule has 0 aliphatic heterocycles. The summed E-state index contributed by atoms with van der Waals surface area (Å²) in [6, 6.07) is 13.7. The number of H-pyrrole nitrogens is 1. The monoisotopic (exact) mass is 279 g/mol. The molecule has 0 saturated heterocycles. The lowest BCUT2D eigenvalue weighted by Crippen LogP contribution is -1.80. The van der Waals surface area contributed by atoms with Gasteiger partial charge >= 0.3 is 0 Å². The van der Waals surface area contributed by atoms with E-state index in [0.717, 1.165) is 34.1 Å². The van der Waals surface area contributed by atoms with Gasteiger partial charge in [-0.3, -0.25) is 0 Å². The lowest BCUT2D eigenvalue weighted by atomic mass is 10.1. The Balaban J connectivity index is 2.07. The van der Waals surface area contributed by atoms with Crippen LogP contribution in [0.5, 0.6) is 5.88 Å². The van der Waals surface area contributed by atoms with Crippen molar-refractivity contribution in [3.05, 3.63) is 53.6 Å². The minimum Gasteiger partial charge on any atom is -0.493 e. The van der Waals surface area contributed by atoms with Crippen molar-refractivity contribution in [2.75, 3.05) is 0 Å². The van der Waals surface area contributed by atoms with Gasteiger partial charge in [-0.1, -0.05) is 37.3 Å². The van der Waals surface area contributed by atoms with E-state index in [1.807, 2.05) is 49.4 Å². The number of hydrogen-bond donors (Lipinski definition) is 2. The van der Waals surface area contributed by atoms with Gasteiger partial charge in [0, 0.05) is 5.39 Å². The van der Waals surface area contributed by atoms with Crippen molar-refractivity contribution >= 4 is 22.3 Å². The summed E-state index contributed by atoms with van der Waals surface area (Å²) in [4.78, 5) is 3.00. The van der Waals surface area contributed by atoms with Crippen LogP contribution in [0.4, 0.5) is 11.4 Å². The molecule has 0 saturated carbocycles. The van der Waals surface area contributed by atoms with Crippen LogP contribution in [0.1, 0.15) is 18.1 Å². The largest absolute Gasteiger partial charge is 0.493 e. The highest BCUT2D eigenvalue weighted by molar-refractivity contribution is 5.96. The maximum atomic E-state index is 10.1. The summed E-state index contributed by atoms with van der Waals surface area (Å²) in [6.45, 7) is 4.09. The fourth-order valence-corrected chi connectivity index (χ4v) is 2.44. The molecule has 0 atom stereocenters. The minimum absolute atomic E-state index is 0.0577. The van der Waals surface area contributed by atoms with Crippen molar-refractivity contribution in [2.24, 2.45) is 10.2 Å². The predicted molar refractivity (Wildman–Crippen MR) is 84.7 cm³/mol. The average Bonchev–Trinajstić information content (AvgIpc) is 2.80. The second kappa shape index (κ2) is 5.40. The molecule has 2 aromatic carbocycles. The molecule has 4 heteroatoms. The first-order valence-electron chi connectivity index (χ1n) is 7.00. The molecule has 0 radical (unpaired) electrons. The number of aromatic nitrogens is 1. The highest BCUT2D eigenvalue weighted by Gasteiger charge is 2.12. The van der Waals surface area contributed by atoms with Crippen LogP contribution in [-0.4, -0.2) is 10.1 Å². The number of para-hydroxylation sites is 1. The summed E-state index contributed by atoms with van der Waals surface area (Å²) in [7, 11) is 0. The molecule has 0 aliphatic rings. The maximum absolute atomic E-state index is 10.1. The van der Waals surface area contributed by atoms with E-state index in [4.69, 9.17) is 0 Å². The number of benzene rings is 2. The van der Waals surface area contributed by atoms with Crippen LogP contribution in [0.3, 0.4) is 0 Å². The van der Waals surface area contributed by atoms with Crippen molar-refractivity contribution in [3.8, 4) is 5.88 Å². The molecule has 4 nitrogen and oxygen atoms in total. The lowest BCUT2D eigenvalue weighted by Gasteiger charge is -1.98. The van der Waals surface area contributed by atoms with Crippen LogP contribution in [0.15, 0.2) is 52.7 Å². The molecule has 0 aliphatic carbocycles. The van der Waals surface area contributed by atoms with Gasteiger partial charge < -0.3 is 10.1 Å². The Morgan fingerprint density at radius 3 is 2.67 bits per heavy atom. The molecule has 1 heterocycles. The fourth-order valence-electron chi connectivity index (χ4n) is 2.44. The van der Waals surface area contributed by atoms with Gasteiger partial charge in [0.1, 0.15) is 0 Å². The molecule has 1 aromatic heterocycles. The number of rotatable bonds is 3. The van der Waals surface area contributed by atoms with Crippen molar-refractivity contribution in [1.82, 2.24) is 4.98 Å². The first-order chi connectivity index (χ1) is 10.2. The van der Waals surface area contributed by atoms with Crippen LogP contribution in [0, 0.1) is 6.92 Å². The first-order valence-corrected chi connectivity index (χ1v) is 7.00. The molecule has 0 amide bonds. The molecule has 2 N–H and O–H groups in total. The van der Waals surface area contributed by atoms with Gasteiger partial charge in [0.2, 0.25) is 5.88 Å².